The number of hydrogen-bond donors (Lipinski definition) is 6. The predicted octanol–water partition coefficient (Wildman–Crippen LogP) is -3.93. The Bertz CT molecular complexity index is 358. The average molecular weight is 398 g/mol. The van der Waals surface area contributed by atoms with Crippen LogP contribution < -0.4 is 11.5 Å². The number of rotatable bonds is 12. The SMILES string of the molecule is NCCN.O=C(O)CN(CCN(CC(=O)O)CC(=O)O)CC(=O)O.[Na].[Na]. The first-order chi connectivity index (χ1) is 11.1. The molecule has 2 radical (unpaired) electrons. The fourth-order valence-corrected chi connectivity index (χ4v) is 1.48. The van der Waals surface area contributed by atoms with Gasteiger partial charge in [-0.3, -0.25) is 29.0 Å². The van der Waals surface area contributed by atoms with Crippen LogP contribution in [0, 0.1) is 0 Å². The molecule has 0 bridgehead atoms. The second-order valence-electron chi connectivity index (χ2n) is 4.57. The summed E-state index contributed by atoms with van der Waals surface area (Å²) in [5, 5.41) is 34.5. The van der Waals surface area contributed by atoms with Gasteiger partial charge in [-0.05, 0) is 0 Å². The van der Waals surface area contributed by atoms with Crippen molar-refractivity contribution in [3.63, 3.8) is 0 Å². The van der Waals surface area contributed by atoms with E-state index in [1.54, 1.807) is 0 Å². The van der Waals surface area contributed by atoms with Gasteiger partial charge in [0.1, 0.15) is 0 Å². The molecule has 142 valence electrons. The van der Waals surface area contributed by atoms with Crippen molar-refractivity contribution in [3.8, 4) is 0 Å². The molecule has 0 spiro atoms. The van der Waals surface area contributed by atoms with E-state index in [0.29, 0.717) is 13.1 Å². The third-order valence-corrected chi connectivity index (χ3v) is 2.33. The molecule has 0 aliphatic heterocycles. The first-order valence-corrected chi connectivity index (χ1v) is 6.84. The monoisotopic (exact) mass is 398 g/mol. The molecule has 8 N–H and O–H groups in total. The smallest absolute Gasteiger partial charge is 0.317 e. The summed E-state index contributed by atoms with van der Waals surface area (Å²) in [7, 11) is 0. The van der Waals surface area contributed by atoms with Crippen molar-refractivity contribution in [2.75, 3.05) is 52.4 Å². The molecule has 0 saturated heterocycles. The summed E-state index contributed by atoms with van der Waals surface area (Å²) in [6.45, 7) is -1.06. The Balaban J connectivity index is -0.000000363. The van der Waals surface area contributed by atoms with Crippen molar-refractivity contribution in [2.24, 2.45) is 11.5 Å². The fraction of sp³-hybridized carbons (Fsp3) is 0.667. The van der Waals surface area contributed by atoms with E-state index in [1.807, 2.05) is 0 Å². The van der Waals surface area contributed by atoms with Crippen LogP contribution in [0.25, 0.3) is 0 Å². The van der Waals surface area contributed by atoms with Gasteiger partial charge < -0.3 is 31.9 Å². The molecule has 0 heterocycles. The molecule has 12 nitrogen and oxygen atoms in total. The van der Waals surface area contributed by atoms with E-state index in [2.05, 4.69) is 0 Å². The van der Waals surface area contributed by atoms with Crippen molar-refractivity contribution in [1.82, 2.24) is 9.80 Å². The topological polar surface area (TPSA) is 208 Å². The van der Waals surface area contributed by atoms with E-state index in [1.165, 1.54) is 0 Å². The summed E-state index contributed by atoms with van der Waals surface area (Å²) < 4.78 is 0. The molecule has 0 saturated carbocycles. The van der Waals surface area contributed by atoms with Crippen molar-refractivity contribution < 1.29 is 39.6 Å². The number of nitrogens with zero attached hydrogens (tertiary/aromatic N) is 2. The molecule has 0 aromatic carbocycles. The summed E-state index contributed by atoms with van der Waals surface area (Å²) in [4.78, 5) is 44.4. The van der Waals surface area contributed by atoms with Crippen molar-refractivity contribution in [2.45, 2.75) is 0 Å². The first kappa shape index (κ1) is 33.3. The molecule has 0 amide bonds. The van der Waals surface area contributed by atoms with Gasteiger partial charge in [-0.2, -0.15) is 0 Å². The van der Waals surface area contributed by atoms with Crippen molar-refractivity contribution >= 4 is 83.0 Å². The Labute approximate surface area is 195 Å². The molecule has 0 aromatic rings. The molecular weight excluding hydrogens is 374 g/mol. The van der Waals surface area contributed by atoms with Crippen LogP contribution in [0.15, 0.2) is 0 Å². The van der Waals surface area contributed by atoms with Crippen LogP contribution in [0.3, 0.4) is 0 Å². The zero-order valence-corrected chi connectivity index (χ0v) is 19.1. The molecular formula is C12H24N4Na2O8. The van der Waals surface area contributed by atoms with Gasteiger partial charge in [-0.25, -0.2) is 0 Å². The van der Waals surface area contributed by atoms with Crippen LogP contribution in [0.2, 0.25) is 0 Å². The van der Waals surface area contributed by atoms with E-state index in [9.17, 15) is 19.2 Å². The summed E-state index contributed by atoms with van der Waals surface area (Å²) in [6, 6.07) is 0. The molecule has 14 heteroatoms. The third-order valence-electron chi connectivity index (χ3n) is 2.33. The van der Waals surface area contributed by atoms with Crippen LogP contribution in [0.5, 0.6) is 0 Å². The minimum absolute atomic E-state index is 0. The molecule has 0 aliphatic carbocycles. The maximum absolute atomic E-state index is 10.6. The summed E-state index contributed by atoms with van der Waals surface area (Å²) in [5.74, 6) is -4.91. The largest absolute Gasteiger partial charge is 0.480 e. The van der Waals surface area contributed by atoms with Gasteiger partial charge in [-0.1, -0.05) is 0 Å². The van der Waals surface area contributed by atoms with E-state index in [4.69, 9.17) is 31.9 Å². The number of nitrogens with two attached hydrogens (primary N) is 2. The Kier molecular flexibility index (Phi) is 26.9. The van der Waals surface area contributed by atoms with Gasteiger partial charge in [0.25, 0.3) is 0 Å². The normalized spacial score (nSPS) is 9.38. The zero-order chi connectivity index (χ0) is 19.1. The van der Waals surface area contributed by atoms with Gasteiger partial charge in [-0.15, -0.1) is 0 Å². The summed E-state index contributed by atoms with van der Waals surface area (Å²) >= 11 is 0. The Morgan fingerprint density at radius 1 is 0.577 bits per heavy atom. The van der Waals surface area contributed by atoms with Crippen LogP contribution in [0.4, 0.5) is 0 Å². The maximum atomic E-state index is 10.6. The maximum Gasteiger partial charge on any atom is 0.317 e. The van der Waals surface area contributed by atoms with E-state index in [-0.39, 0.29) is 72.2 Å². The second-order valence-corrected chi connectivity index (χ2v) is 4.57. The minimum atomic E-state index is -1.23. The number of aliphatic carboxylic acids is 4. The van der Waals surface area contributed by atoms with Crippen LogP contribution in [-0.2, 0) is 19.2 Å². The van der Waals surface area contributed by atoms with Gasteiger partial charge in [0.05, 0.1) is 26.2 Å². The van der Waals surface area contributed by atoms with Crippen molar-refractivity contribution in [1.29, 1.82) is 0 Å². The molecule has 0 unspecified atom stereocenters. The average Bonchev–Trinajstić information content (AvgIpc) is 2.42. The fourth-order valence-electron chi connectivity index (χ4n) is 1.48. The van der Waals surface area contributed by atoms with E-state index < -0.39 is 50.1 Å². The van der Waals surface area contributed by atoms with Gasteiger partial charge in [0, 0.05) is 85.3 Å². The molecule has 0 atom stereocenters. The summed E-state index contributed by atoms with van der Waals surface area (Å²) in [6.07, 6.45) is 0. The third kappa shape index (κ3) is 26.0. The number of carboxylic acid groups (broad SMARTS) is 4. The van der Waals surface area contributed by atoms with E-state index >= 15 is 0 Å². The van der Waals surface area contributed by atoms with Gasteiger partial charge in [0.15, 0.2) is 0 Å². The Morgan fingerprint density at radius 2 is 0.769 bits per heavy atom. The number of carboxylic acids is 4. The standard InChI is InChI=1S/C10H16N2O8.C2H8N2.2Na/c13-7(14)3-11(4-8(15)16)1-2-12(5-9(17)18)6-10(19)20;3-1-2-4;;/h1-6H2,(H,13,14)(H,15,16)(H,17,18)(H,19,20);1-4H2;;. The summed E-state index contributed by atoms with van der Waals surface area (Å²) in [5.41, 5.74) is 9.81. The predicted molar refractivity (Wildman–Crippen MR) is 93.0 cm³/mol. The van der Waals surface area contributed by atoms with Gasteiger partial charge in [0.2, 0.25) is 0 Å². The second kappa shape index (κ2) is 21.0. The van der Waals surface area contributed by atoms with Crippen LogP contribution in [-0.4, -0.2) is 166 Å². The van der Waals surface area contributed by atoms with Crippen LogP contribution in [0.1, 0.15) is 0 Å². The van der Waals surface area contributed by atoms with Crippen LogP contribution >= 0.6 is 0 Å². The molecule has 26 heavy (non-hydrogen) atoms. The quantitative estimate of drug-likeness (QED) is 0.174. The van der Waals surface area contributed by atoms with Gasteiger partial charge >= 0.3 is 23.9 Å². The number of hydrogen-bond acceptors (Lipinski definition) is 8. The molecule has 0 fully saturated rings. The Hall–Kier alpha value is -0.280. The zero-order valence-electron chi connectivity index (χ0n) is 15.1. The van der Waals surface area contributed by atoms with Crippen molar-refractivity contribution in [3.05, 3.63) is 0 Å². The Morgan fingerprint density at radius 3 is 0.885 bits per heavy atom. The molecule has 0 aliphatic rings. The number of carbonyl (C=O) groups is 4. The molecule has 0 rings (SSSR count). The minimum Gasteiger partial charge on any atom is -0.480 e. The van der Waals surface area contributed by atoms with E-state index in [0.717, 1.165) is 9.80 Å². The first-order valence-electron chi connectivity index (χ1n) is 6.84. The molecule has 0 aromatic heterocycles.